The fourth-order valence-corrected chi connectivity index (χ4v) is 1.87. The van der Waals surface area contributed by atoms with Crippen molar-refractivity contribution in [3.8, 4) is 5.69 Å². The Hall–Kier alpha value is -1.57. The van der Waals surface area contributed by atoms with E-state index in [-0.39, 0.29) is 0 Å². The number of benzene rings is 1. The second-order valence-corrected chi connectivity index (χ2v) is 5.32. The van der Waals surface area contributed by atoms with Gasteiger partial charge in [-0.2, -0.15) is 5.10 Å². The van der Waals surface area contributed by atoms with Crippen molar-refractivity contribution < 1.29 is 0 Å². The van der Waals surface area contributed by atoms with E-state index in [1.54, 1.807) is 0 Å². The van der Waals surface area contributed by atoms with Crippen LogP contribution in [0.5, 0.6) is 0 Å². The van der Waals surface area contributed by atoms with Crippen molar-refractivity contribution in [3.63, 3.8) is 0 Å². The Kier molecular flexibility index (Phi) is 2.82. The lowest BCUT2D eigenvalue weighted by Gasteiger charge is -2.20. The predicted molar refractivity (Wildman–Crippen MR) is 66.7 cm³/mol. The van der Waals surface area contributed by atoms with E-state index < -0.39 is 0 Å². The molecule has 1 aromatic heterocycles. The van der Waals surface area contributed by atoms with Gasteiger partial charge in [0, 0.05) is 12.4 Å². The minimum atomic E-state index is 0.295. The average molecular weight is 214 g/mol. The van der Waals surface area contributed by atoms with E-state index in [4.69, 9.17) is 0 Å². The molecule has 0 aliphatic rings. The first-order valence-electron chi connectivity index (χ1n) is 5.64. The molecule has 0 unspecified atom stereocenters. The van der Waals surface area contributed by atoms with Crippen molar-refractivity contribution in [1.82, 2.24) is 9.78 Å². The van der Waals surface area contributed by atoms with Crippen molar-refractivity contribution in [2.24, 2.45) is 5.41 Å². The van der Waals surface area contributed by atoms with Crippen molar-refractivity contribution in [2.75, 3.05) is 0 Å². The van der Waals surface area contributed by atoms with Crippen molar-refractivity contribution in [3.05, 3.63) is 48.3 Å². The number of hydrogen-bond donors (Lipinski definition) is 0. The van der Waals surface area contributed by atoms with E-state index in [9.17, 15) is 0 Å². The first-order chi connectivity index (χ1) is 7.56. The molecule has 2 aromatic rings. The van der Waals surface area contributed by atoms with E-state index in [0.717, 1.165) is 6.42 Å². The van der Waals surface area contributed by atoms with Crippen molar-refractivity contribution >= 4 is 0 Å². The summed E-state index contributed by atoms with van der Waals surface area (Å²) in [5.74, 6) is 0. The molecule has 0 N–H and O–H groups in total. The van der Waals surface area contributed by atoms with Gasteiger partial charge in [-0.3, -0.25) is 0 Å². The summed E-state index contributed by atoms with van der Waals surface area (Å²) in [5, 5.41) is 4.29. The molecule has 0 radical (unpaired) electrons. The maximum atomic E-state index is 4.29. The Balaban J connectivity index is 2.39. The summed E-state index contributed by atoms with van der Waals surface area (Å²) in [5.41, 5.74) is 2.82. The van der Waals surface area contributed by atoms with Gasteiger partial charge in [0.1, 0.15) is 0 Å². The van der Waals surface area contributed by atoms with Gasteiger partial charge < -0.3 is 0 Å². The molecule has 2 heteroatoms. The summed E-state index contributed by atoms with van der Waals surface area (Å²) in [6, 6.07) is 10.4. The van der Waals surface area contributed by atoms with Crippen LogP contribution in [0, 0.1) is 5.41 Å². The normalized spacial score (nSPS) is 11.7. The minimum Gasteiger partial charge on any atom is -0.241 e. The molecule has 0 bridgehead atoms. The monoisotopic (exact) mass is 214 g/mol. The second-order valence-electron chi connectivity index (χ2n) is 5.32. The summed E-state index contributed by atoms with van der Waals surface area (Å²) in [4.78, 5) is 0. The van der Waals surface area contributed by atoms with Gasteiger partial charge in [0.25, 0.3) is 0 Å². The number of nitrogens with zero attached hydrogens (tertiary/aromatic N) is 2. The summed E-state index contributed by atoms with van der Waals surface area (Å²) in [6.07, 6.45) is 4.86. The molecular weight excluding hydrogens is 196 g/mol. The Morgan fingerprint density at radius 3 is 2.50 bits per heavy atom. The first kappa shape index (κ1) is 10.9. The SMILES string of the molecule is CC(C)(C)Cc1ccccc1-n1cccn1. The zero-order valence-electron chi connectivity index (χ0n) is 10.1. The molecular formula is C14H18N2. The molecule has 2 rings (SSSR count). The minimum absolute atomic E-state index is 0.295. The van der Waals surface area contributed by atoms with Crippen LogP contribution >= 0.6 is 0 Å². The van der Waals surface area contributed by atoms with Gasteiger partial charge in [-0.05, 0) is 29.5 Å². The number of para-hydroxylation sites is 1. The van der Waals surface area contributed by atoms with Gasteiger partial charge in [-0.1, -0.05) is 39.0 Å². The number of hydrogen-bond acceptors (Lipinski definition) is 1. The van der Waals surface area contributed by atoms with Crippen LogP contribution in [0.15, 0.2) is 42.7 Å². The topological polar surface area (TPSA) is 17.8 Å². The van der Waals surface area contributed by atoms with E-state index in [2.05, 4.69) is 50.1 Å². The molecule has 0 saturated carbocycles. The average Bonchev–Trinajstić information content (AvgIpc) is 2.69. The van der Waals surface area contributed by atoms with Crippen LogP contribution in [0.25, 0.3) is 5.69 Å². The molecule has 1 heterocycles. The maximum Gasteiger partial charge on any atom is 0.0677 e. The zero-order chi connectivity index (χ0) is 11.6. The molecule has 0 atom stereocenters. The molecule has 0 aliphatic heterocycles. The van der Waals surface area contributed by atoms with Gasteiger partial charge in [0.2, 0.25) is 0 Å². The smallest absolute Gasteiger partial charge is 0.0677 e. The molecule has 84 valence electrons. The molecule has 0 saturated heterocycles. The van der Waals surface area contributed by atoms with Crippen LogP contribution < -0.4 is 0 Å². The summed E-state index contributed by atoms with van der Waals surface area (Å²) in [6.45, 7) is 6.77. The van der Waals surface area contributed by atoms with E-state index in [1.165, 1.54) is 11.3 Å². The third kappa shape index (κ3) is 2.51. The molecule has 0 amide bonds. The predicted octanol–water partition coefficient (Wildman–Crippen LogP) is 3.46. The summed E-state index contributed by atoms with van der Waals surface area (Å²) in [7, 11) is 0. The molecule has 2 nitrogen and oxygen atoms in total. The fourth-order valence-electron chi connectivity index (χ4n) is 1.87. The highest BCUT2D eigenvalue weighted by atomic mass is 15.3. The van der Waals surface area contributed by atoms with Crippen LogP contribution in [-0.4, -0.2) is 9.78 Å². The number of aromatic nitrogens is 2. The van der Waals surface area contributed by atoms with Crippen molar-refractivity contribution in [1.29, 1.82) is 0 Å². The molecule has 16 heavy (non-hydrogen) atoms. The first-order valence-corrected chi connectivity index (χ1v) is 5.64. The molecule has 1 aromatic carbocycles. The molecule has 0 aliphatic carbocycles. The quantitative estimate of drug-likeness (QED) is 0.748. The van der Waals surface area contributed by atoms with Gasteiger partial charge in [-0.25, -0.2) is 4.68 Å². The van der Waals surface area contributed by atoms with Crippen LogP contribution in [0.3, 0.4) is 0 Å². The third-order valence-electron chi connectivity index (χ3n) is 2.46. The Morgan fingerprint density at radius 1 is 1.12 bits per heavy atom. The van der Waals surface area contributed by atoms with Crippen LogP contribution in [0.1, 0.15) is 26.3 Å². The van der Waals surface area contributed by atoms with E-state index in [1.807, 2.05) is 23.1 Å². The fraction of sp³-hybridized carbons (Fsp3) is 0.357. The number of rotatable bonds is 2. The highest BCUT2D eigenvalue weighted by molar-refractivity contribution is 5.40. The standard InChI is InChI=1S/C14H18N2/c1-14(2,3)11-12-7-4-5-8-13(12)16-10-6-9-15-16/h4-10H,11H2,1-3H3. The van der Waals surface area contributed by atoms with Crippen LogP contribution in [0.2, 0.25) is 0 Å². The molecule has 0 fully saturated rings. The Morgan fingerprint density at radius 2 is 1.88 bits per heavy atom. The lowest BCUT2D eigenvalue weighted by molar-refractivity contribution is 0.410. The summed E-state index contributed by atoms with van der Waals surface area (Å²) < 4.78 is 1.93. The summed E-state index contributed by atoms with van der Waals surface area (Å²) >= 11 is 0. The van der Waals surface area contributed by atoms with E-state index >= 15 is 0 Å². The third-order valence-corrected chi connectivity index (χ3v) is 2.46. The highest BCUT2D eigenvalue weighted by Crippen LogP contribution is 2.24. The van der Waals surface area contributed by atoms with Gasteiger partial charge in [0.15, 0.2) is 0 Å². The van der Waals surface area contributed by atoms with Gasteiger partial charge >= 0.3 is 0 Å². The van der Waals surface area contributed by atoms with Gasteiger partial charge in [0.05, 0.1) is 5.69 Å². The lowest BCUT2D eigenvalue weighted by Crippen LogP contribution is -2.11. The maximum absolute atomic E-state index is 4.29. The highest BCUT2D eigenvalue weighted by Gasteiger charge is 2.14. The van der Waals surface area contributed by atoms with Crippen LogP contribution in [-0.2, 0) is 6.42 Å². The van der Waals surface area contributed by atoms with Crippen LogP contribution in [0.4, 0.5) is 0 Å². The van der Waals surface area contributed by atoms with Gasteiger partial charge in [-0.15, -0.1) is 0 Å². The zero-order valence-corrected chi connectivity index (χ0v) is 10.1. The largest absolute Gasteiger partial charge is 0.241 e. The van der Waals surface area contributed by atoms with E-state index in [0.29, 0.717) is 5.41 Å². The Labute approximate surface area is 96.9 Å². The van der Waals surface area contributed by atoms with Crippen molar-refractivity contribution in [2.45, 2.75) is 27.2 Å². The lowest BCUT2D eigenvalue weighted by atomic mass is 9.87. The Bertz CT molecular complexity index is 450. The second kappa shape index (κ2) is 4.12. The molecule has 0 spiro atoms.